The van der Waals surface area contributed by atoms with Crippen LogP contribution in [-0.2, 0) is 17.3 Å². The first-order valence-electron chi connectivity index (χ1n) is 12.5. The van der Waals surface area contributed by atoms with Crippen LogP contribution < -0.4 is 16.4 Å². The molecule has 0 saturated carbocycles. The molecule has 0 radical (unpaired) electrons. The standard InChI is InChI=1S/C26H26F4N8O2/c27-20-12-16(3-4-21(20)35-25(39)36-22-13-17(5-6-32-22)26(28,29)30)19-14-18(38-23(19)24(31)33-15-34-38)2-1-7-37-8-10-40-11-9-37/h3-6,12-15H,1-2,7-11H2,(H2,31,33,34)(H2,32,35,36,39). The highest BCUT2D eigenvalue weighted by Crippen LogP contribution is 2.33. The predicted octanol–water partition coefficient (Wildman–Crippen LogP) is 4.44. The molecule has 1 saturated heterocycles. The zero-order valence-electron chi connectivity index (χ0n) is 21.2. The number of nitrogens with two attached hydrogens (primary N) is 1. The number of alkyl halides is 3. The van der Waals surface area contributed by atoms with Crippen LogP contribution in [0.15, 0.2) is 48.9 Å². The van der Waals surface area contributed by atoms with Gasteiger partial charge in [-0.1, -0.05) is 6.07 Å². The van der Waals surface area contributed by atoms with Crippen molar-refractivity contribution in [1.29, 1.82) is 0 Å². The molecule has 0 spiro atoms. The zero-order valence-corrected chi connectivity index (χ0v) is 21.2. The molecule has 4 heterocycles. The number of amides is 2. The van der Waals surface area contributed by atoms with Crippen LogP contribution >= 0.6 is 0 Å². The Bertz CT molecular complexity index is 1520. The van der Waals surface area contributed by atoms with Gasteiger partial charge in [0.2, 0.25) is 0 Å². The zero-order chi connectivity index (χ0) is 28.3. The lowest BCUT2D eigenvalue weighted by molar-refractivity contribution is -0.137. The second kappa shape index (κ2) is 11.4. The summed E-state index contributed by atoms with van der Waals surface area (Å²) in [6.07, 6.45) is -0.729. The van der Waals surface area contributed by atoms with E-state index in [1.165, 1.54) is 18.5 Å². The maximum absolute atomic E-state index is 15.1. The van der Waals surface area contributed by atoms with E-state index in [1.54, 1.807) is 10.6 Å². The first kappa shape index (κ1) is 27.3. The number of pyridine rings is 1. The summed E-state index contributed by atoms with van der Waals surface area (Å²) in [4.78, 5) is 22.5. The Morgan fingerprint density at radius 1 is 1.07 bits per heavy atom. The number of anilines is 3. The molecule has 5 rings (SSSR count). The maximum atomic E-state index is 15.1. The molecule has 4 N–H and O–H groups in total. The highest BCUT2D eigenvalue weighted by molar-refractivity contribution is 5.99. The van der Waals surface area contributed by atoms with Crippen molar-refractivity contribution in [3.63, 3.8) is 0 Å². The molecule has 0 bridgehead atoms. The van der Waals surface area contributed by atoms with E-state index in [0.29, 0.717) is 29.1 Å². The number of nitrogen functional groups attached to an aromatic ring is 1. The summed E-state index contributed by atoms with van der Waals surface area (Å²) in [5, 5.41) is 8.82. The monoisotopic (exact) mass is 558 g/mol. The number of nitrogens with zero attached hydrogens (tertiary/aromatic N) is 5. The molecule has 40 heavy (non-hydrogen) atoms. The van der Waals surface area contributed by atoms with Crippen molar-refractivity contribution in [3.8, 4) is 11.1 Å². The van der Waals surface area contributed by atoms with E-state index >= 15 is 4.39 Å². The fraction of sp³-hybridized carbons (Fsp3) is 0.308. The lowest BCUT2D eigenvalue weighted by atomic mass is 10.1. The molecule has 3 aromatic heterocycles. The van der Waals surface area contributed by atoms with Gasteiger partial charge in [-0.2, -0.15) is 18.3 Å². The van der Waals surface area contributed by atoms with Gasteiger partial charge in [-0.15, -0.1) is 0 Å². The van der Waals surface area contributed by atoms with E-state index in [-0.39, 0.29) is 17.3 Å². The number of urea groups is 1. The van der Waals surface area contributed by atoms with Crippen molar-refractivity contribution in [2.24, 2.45) is 0 Å². The van der Waals surface area contributed by atoms with Gasteiger partial charge in [0.15, 0.2) is 5.82 Å². The summed E-state index contributed by atoms with van der Waals surface area (Å²) in [6.45, 7) is 4.14. The molecular formula is C26H26F4N8O2. The molecule has 14 heteroatoms. The number of aryl methyl sites for hydroxylation is 1. The number of aromatic nitrogens is 4. The molecule has 0 unspecified atom stereocenters. The summed E-state index contributed by atoms with van der Waals surface area (Å²) in [7, 11) is 0. The number of hydrogen-bond donors (Lipinski definition) is 3. The van der Waals surface area contributed by atoms with Gasteiger partial charge in [0.1, 0.15) is 23.5 Å². The minimum Gasteiger partial charge on any atom is -0.382 e. The number of carbonyl (C=O) groups is 1. The van der Waals surface area contributed by atoms with Crippen molar-refractivity contribution < 1.29 is 27.1 Å². The molecule has 210 valence electrons. The van der Waals surface area contributed by atoms with Crippen LogP contribution in [0.25, 0.3) is 16.6 Å². The highest BCUT2D eigenvalue weighted by Gasteiger charge is 2.31. The first-order valence-corrected chi connectivity index (χ1v) is 12.5. The molecule has 4 aromatic rings. The van der Waals surface area contributed by atoms with Crippen molar-refractivity contribution in [2.45, 2.75) is 19.0 Å². The number of halogens is 4. The van der Waals surface area contributed by atoms with Crippen LogP contribution in [0.2, 0.25) is 0 Å². The van der Waals surface area contributed by atoms with Crippen molar-refractivity contribution in [1.82, 2.24) is 24.5 Å². The predicted molar refractivity (Wildman–Crippen MR) is 140 cm³/mol. The Labute approximate surface area is 226 Å². The summed E-state index contributed by atoms with van der Waals surface area (Å²) in [5.74, 6) is -0.852. The van der Waals surface area contributed by atoms with E-state index in [2.05, 4.69) is 30.6 Å². The third-order valence-electron chi connectivity index (χ3n) is 6.52. The van der Waals surface area contributed by atoms with E-state index in [0.717, 1.165) is 57.2 Å². The number of benzene rings is 1. The molecule has 1 aliphatic heterocycles. The number of morpholine rings is 1. The molecule has 10 nitrogen and oxygen atoms in total. The Hall–Kier alpha value is -4.30. The van der Waals surface area contributed by atoms with E-state index in [1.807, 2.05) is 6.07 Å². The topological polar surface area (TPSA) is 123 Å². The Kier molecular flexibility index (Phi) is 7.80. The normalized spacial score (nSPS) is 14.4. The lowest BCUT2D eigenvalue weighted by Gasteiger charge is -2.26. The molecule has 1 aromatic carbocycles. The SMILES string of the molecule is Nc1ncnn2c(CCCN3CCOCC3)cc(-c3ccc(NC(=O)Nc4cc(C(F)(F)F)ccn4)c(F)c3)c12. The molecule has 1 fully saturated rings. The Morgan fingerprint density at radius 2 is 1.88 bits per heavy atom. The second-order valence-corrected chi connectivity index (χ2v) is 9.21. The van der Waals surface area contributed by atoms with Gasteiger partial charge in [0, 0.05) is 30.5 Å². The van der Waals surface area contributed by atoms with Gasteiger partial charge in [0.25, 0.3) is 0 Å². The average molecular weight is 559 g/mol. The van der Waals surface area contributed by atoms with Gasteiger partial charge < -0.3 is 15.8 Å². The van der Waals surface area contributed by atoms with Crippen LogP contribution in [-0.4, -0.2) is 63.4 Å². The number of hydrogen-bond acceptors (Lipinski definition) is 7. The summed E-state index contributed by atoms with van der Waals surface area (Å²) >= 11 is 0. The average Bonchev–Trinajstić information content (AvgIpc) is 3.30. The van der Waals surface area contributed by atoms with Gasteiger partial charge in [-0.25, -0.2) is 23.7 Å². The first-order chi connectivity index (χ1) is 19.2. The largest absolute Gasteiger partial charge is 0.416 e. The minimum atomic E-state index is -4.60. The van der Waals surface area contributed by atoms with Gasteiger partial charge >= 0.3 is 12.2 Å². The molecule has 2 amide bonds. The molecule has 0 atom stereocenters. The summed E-state index contributed by atoms with van der Waals surface area (Å²) in [6, 6.07) is 6.59. The van der Waals surface area contributed by atoms with Gasteiger partial charge in [-0.3, -0.25) is 10.2 Å². The Morgan fingerprint density at radius 3 is 2.62 bits per heavy atom. The number of nitrogens with one attached hydrogen (secondary N) is 2. The van der Waals surface area contributed by atoms with E-state index in [9.17, 15) is 18.0 Å². The number of carbonyl (C=O) groups excluding carboxylic acids is 1. The molecular weight excluding hydrogens is 532 g/mol. The van der Waals surface area contributed by atoms with Crippen molar-refractivity contribution in [3.05, 3.63) is 66.0 Å². The van der Waals surface area contributed by atoms with E-state index < -0.39 is 23.6 Å². The fourth-order valence-corrected chi connectivity index (χ4v) is 4.57. The fourth-order valence-electron chi connectivity index (χ4n) is 4.57. The Balaban J connectivity index is 1.32. The van der Waals surface area contributed by atoms with Crippen LogP contribution in [0.1, 0.15) is 17.7 Å². The lowest BCUT2D eigenvalue weighted by Crippen LogP contribution is -2.37. The smallest absolute Gasteiger partial charge is 0.382 e. The number of fused-ring (bicyclic) bond motifs is 1. The number of ether oxygens (including phenoxy) is 1. The molecule has 1 aliphatic rings. The quantitative estimate of drug-likeness (QED) is 0.287. The third-order valence-corrected chi connectivity index (χ3v) is 6.52. The summed E-state index contributed by atoms with van der Waals surface area (Å²) in [5.41, 5.74) is 7.56. The maximum Gasteiger partial charge on any atom is 0.416 e. The van der Waals surface area contributed by atoms with Crippen LogP contribution in [0.3, 0.4) is 0 Å². The van der Waals surface area contributed by atoms with Gasteiger partial charge in [0.05, 0.1) is 24.5 Å². The van der Waals surface area contributed by atoms with Crippen molar-refractivity contribution in [2.75, 3.05) is 49.2 Å². The number of rotatable bonds is 7. The summed E-state index contributed by atoms with van der Waals surface area (Å²) < 4.78 is 60.9. The highest BCUT2D eigenvalue weighted by atomic mass is 19.4. The van der Waals surface area contributed by atoms with Crippen LogP contribution in [0, 0.1) is 5.82 Å². The minimum absolute atomic E-state index is 0.174. The third kappa shape index (κ3) is 6.13. The molecule has 0 aliphatic carbocycles. The second-order valence-electron chi connectivity index (χ2n) is 9.21. The van der Waals surface area contributed by atoms with Gasteiger partial charge in [-0.05, 0) is 55.3 Å². The van der Waals surface area contributed by atoms with Crippen LogP contribution in [0.4, 0.5) is 39.7 Å². The van der Waals surface area contributed by atoms with E-state index in [4.69, 9.17) is 10.5 Å². The van der Waals surface area contributed by atoms with Crippen LogP contribution in [0.5, 0.6) is 0 Å². The van der Waals surface area contributed by atoms with Crippen molar-refractivity contribution >= 4 is 28.9 Å².